The summed E-state index contributed by atoms with van der Waals surface area (Å²) in [6.07, 6.45) is 3.23. The summed E-state index contributed by atoms with van der Waals surface area (Å²) in [7, 11) is 0. The maximum Gasteiger partial charge on any atom is 0.319 e. The van der Waals surface area contributed by atoms with Crippen LogP contribution in [-0.4, -0.2) is 11.0 Å². The van der Waals surface area contributed by atoms with E-state index in [1.165, 1.54) is 6.07 Å². The largest absolute Gasteiger partial charge is 0.331 e. The van der Waals surface area contributed by atoms with Crippen LogP contribution >= 0.6 is 0 Å². The monoisotopic (exact) mass is 277 g/mol. The molecule has 0 radical (unpaired) electrons. The standard InChI is InChI=1S/C14H13F2N3O/c1-9(10-4-6-17-7-5-10)18-14(20)19-13-3-2-11(15)8-12(13)16/h2-9H,1H3,(H2,18,19,20)/t9-/m1/s1. The maximum absolute atomic E-state index is 13.4. The number of urea groups is 1. The minimum Gasteiger partial charge on any atom is -0.331 e. The average molecular weight is 277 g/mol. The van der Waals surface area contributed by atoms with Crippen molar-refractivity contribution >= 4 is 11.7 Å². The first kappa shape index (κ1) is 13.9. The molecule has 0 aliphatic carbocycles. The molecule has 2 amide bonds. The van der Waals surface area contributed by atoms with E-state index in [9.17, 15) is 13.6 Å². The second-order valence-corrected chi connectivity index (χ2v) is 4.22. The topological polar surface area (TPSA) is 54.0 Å². The number of aromatic nitrogens is 1. The lowest BCUT2D eigenvalue weighted by Gasteiger charge is -2.15. The number of pyridine rings is 1. The number of nitrogens with one attached hydrogen (secondary N) is 2. The van der Waals surface area contributed by atoms with Crippen LogP contribution in [0, 0.1) is 11.6 Å². The molecule has 2 N–H and O–H groups in total. The maximum atomic E-state index is 13.4. The van der Waals surface area contributed by atoms with Crippen LogP contribution in [0.5, 0.6) is 0 Å². The van der Waals surface area contributed by atoms with E-state index in [2.05, 4.69) is 15.6 Å². The fourth-order valence-corrected chi connectivity index (χ4v) is 1.68. The van der Waals surface area contributed by atoms with Gasteiger partial charge < -0.3 is 10.6 Å². The van der Waals surface area contributed by atoms with Crippen LogP contribution in [0.3, 0.4) is 0 Å². The molecule has 0 saturated heterocycles. The number of amides is 2. The molecular weight excluding hydrogens is 264 g/mol. The van der Waals surface area contributed by atoms with Gasteiger partial charge >= 0.3 is 6.03 Å². The van der Waals surface area contributed by atoms with Crippen LogP contribution in [0.4, 0.5) is 19.3 Å². The Bertz CT molecular complexity index is 605. The number of hydrogen-bond donors (Lipinski definition) is 2. The summed E-state index contributed by atoms with van der Waals surface area (Å²) in [5.74, 6) is -1.52. The summed E-state index contributed by atoms with van der Waals surface area (Å²) < 4.78 is 26.1. The molecule has 1 atom stereocenters. The van der Waals surface area contributed by atoms with Gasteiger partial charge in [0.15, 0.2) is 0 Å². The molecule has 0 unspecified atom stereocenters. The Labute approximate surface area is 114 Å². The number of nitrogens with zero attached hydrogens (tertiary/aromatic N) is 1. The fraction of sp³-hybridized carbons (Fsp3) is 0.143. The second kappa shape index (κ2) is 6.10. The predicted molar refractivity (Wildman–Crippen MR) is 71.2 cm³/mol. The first-order valence-electron chi connectivity index (χ1n) is 5.99. The van der Waals surface area contributed by atoms with Crippen LogP contribution in [0.15, 0.2) is 42.7 Å². The number of rotatable bonds is 3. The first-order valence-corrected chi connectivity index (χ1v) is 5.99. The van der Waals surface area contributed by atoms with Gasteiger partial charge in [0, 0.05) is 18.5 Å². The van der Waals surface area contributed by atoms with E-state index < -0.39 is 17.7 Å². The molecule has 20 heavy (non-hydrogen) atoms. The highest BCUT2D eigenvalue weighted by Gasteiger charge is 2.11. The summed E-state index contributed by atoms with van der Waals surface area (Å²) in [5, 5.41) is 4.98. The molecule has 104 valence electrons. The molecule has 1 heterocycles. The zero-order chi connectivity index (χ0) is 14.5. The SMILES string of the molecule is C[C@@H](NC(=O)Nc1ccc(F)cc1F)c1ccncc1. The molecule has 6 heteroatoms. The molecule has 0 fully saturated rings. The Morgan fingerprint density at radius 1 is 1.20 bits per heavy atom. The lowest BCUT2D eigenvalue weighted by atomic mass is 10.1. The first-order chi connectivity index (χ1) is 9.56. The normalized spacial score (nSPS) is 11.8. The number of benzene rings is 1. The van der Waals surface area contributed by atoms with Gasteiger partial charge in [-0.25, -0.2) is 13.6 Å². The van der Waals surface area contributed by atoms with Crippen molar-refractivity contribution in [2.24, 2.45) is 0 Å². The van der Waals surface area contributed by atoms with E-state index in [1.807, 2.05) is 0 Å². The molecule has 0 spiro atoms. The molecule has 0 saturated carbocycles. The average Bonchev–Trinajstić information content (AvgIpc) is 2.43. The molecule has 1 aromatic heterocycles. The van der Waals surface area contributed by atoms with Gasteiger partial charge in [-0.2, -0.15) is 0 Å². The second-order valence-electron chi connectivity index (χ2n) is 4.22. The van der Waals surface area contributed by atoms with Crippen LogP contribution in [0.25, 0.3) is 0 Å². The van der Waals surface area contributed by atoms with Crippen molar-refractivity contribution in [1.29, 1.82) is 0 Å². The van der Waals surface area contributed by atoms with E-state index in [4.69, 9.17) is 0 Å². The molecule has 2 aromatic rings. The van der Waals surface area contributed by atoms with Crippen molar-refractivity contribution < 1.29 is 13.6 Å². The Balaban J connectivity index is 1.99. The van der Waals surface area contributed by atoms with E-state index in [0.717, 1.165) is 11.6 Å². The van der Waals surface area contributed by atoms with Crippen molar-refractivity contribution in [2.75, 3.05) is 5.32 Å². The molecule has 2 rings (SSSR count). The molecule has 4 nitrogen and oxygen atoms in total. The van der Waals surface area contributed by atoms with E-state index in [1.54, 1.807) is 31.5 Å². The van der Waals surface area contributed by atoms with Gasteiger partial charge in [-0.05, 0) is 36.8 Å². The van der Waals surface area contributed by atoms with Crippen molar-refractivity contribution in [3.05, 3.63) is 59.9 Å². The highest BCUT2D eigenvalue weighted by molar-refractivity contribution is 5.89. The molecule has 0 aliphatic rings. The third kappa shape index (κ3) is 3.50. The summed E-state index contributed by atoms with van der Waals surface area (Å²) >= 11 is 0. The van der Waals surface area contributed by atoms with Crippen LogP contribution in [-0.2, 0) is 0 Å². The van der Waals surface area contributed by atoms with Crippen LogP contribution < -0.4 is 10.6 Å². The van der Waals surface area contributed by atoms with Gasteiger partial charge in [-0.1, -0.05) is 0 Å². The smallest absolute Gasteiger partial charge is 0.319 e. The van der Waals surface area contributed by atoms with E-state index in [-0.39, 0.29) is 11.7 Å². The highest BCUT2D eigenvalue weighted by atomic mass is 19.1. The fourth-order valence-electron chi connectivity index (χ4n) is 1.68. The van der Waals surface area contributed by atoms with Crippen molar-refractivity contribution in [3.63, 3.8) is 0 Å². The van der Waals surface area contributed by atoms with Crippen LogP contribution in [0.1, 0.15) is 18.5 Å². The third-order valence-corrected chi connectivity index (χ3v) is 2.73. The quantitative estimate of drug-likeness (QED) is 0.904. The van der Waals surface area contributed by atoms with Gasteiger partial charge in [-0.15, -0.1) is 0 Å². The zero-order valence-electron chi connectivity index (χ0n) is 10.7. The lowest BCUT2D eigenvalue weighted by Crippen LogP contribution is -2.31. The van der Waals surface area contributed by atoms with Gasteiger partial charge in [0.05, 0.1) is 11.7 Å². The van der Waals surface area contributed by atoms with Gasteiger partial charge in [-0.3, -0.25) is 4.98 Å². The van der Waals surface area contributed by atoms with Crippen molar-refractivity contribution in [3.8, 4) is 0 Å². The van der Waals surface area contributed by atoms with Gasteiger partial charge in [0.2, 0.25) is 0 Å². The minimum absolute atomic E-state index is 0.0779. The number of carbonyl (C=O) groups is 1. The Morgan fingerprint density at radius 3 is 2.55 bits per heavy atom. The molecule has 1 aromatic carbocycles. The Kier molecular flexibility index (Phi) is 4.24. The van der Waals surface area contributed by atoms with Crippen molar-refractivity contribution in [1.82, 2.24) is 10.3 Å². The van der Waals surface area contributed by atoms with Gasteiger partial charge in [0.1, 0.15) is 11.6 Å². The summed E-state index contributed by atoms with van der Waals surface area (Å²) in [5.41, 5.74) is 0.792. The number of halogens is 2. The zero-order valence-corrected chi connectivity index (χ0v) is 10.7. The summed E-state index contributed by atoms with van der Waals surface area (Å²) in [4.78, 5) is 15.6. The number of hydrogen-bond acceptors (Lipinski definition) is 2. The van der Waals surface area contributed by atoms with Gasteiger partial charge in [0.25, 0.3) is 0 Å². The molecular formula is C14H13F2N3O. The lowest BCUT2D eigenvalue weighted by molar-refractivity contribution is 0.249. The van der Waals surface area contributed by atoms with E-state index >= 15 is 0 Å². The van der Waals surface area contributed by atoms with E-state index in [0.29, 0.717) is 6.07 Å². The summed E-state index contributed by atoms with van der Waals surface area (Å²) in [6.45, 7) is 1.79. The minimum atomic E-state index is -0.822. The molecule has 0 bridgehead atoms. The highest BCUT2D eigenvalue weighted by Crippen LogP contribution is 2.15. The molecule has 0 aliphatic heterocycles. The predicted octanol–water partition coefficient (Wildman–Crippen LogP) is 3.24. The number of carbonyl (C=O) groups excluding carboxylic acids is 1. The summed E-state index contributed by atoms with van der Waals surface area (Å²) in [6, 6.07) is 5.66. The van der Waals surface area contributed by atoms with Crippen molar-refractivity contribution in [2.45, 2.75) is 13.0 Å². The van der Waals surface area contributed by atoms with Crippen LogP contribution in [0.2, 0.25) is 0 Å². The Hall–Kier alpha value is -2.50. The Morgan fingerprint density at radius 2 is 1.90 bits per heavy atom. The number of anilines is 1. The third-order valence-electron chi connectivity index (χ3n) is 2.73.